The molecule has 1 aliphatic carbocycles. The van der Waals surface area contributed by atoms with Gasteiger partial charge >= 0.3 is 6.09 Å². The average Bonchev–Trinajstić information content (AvgIpc) is 2.26. The maximum atomic E-state index is 10.4. The van der Waals surface area contributed by atoms with Crippen LogP contribution < -0.4 is 5.32 Å². The van der Waals surface area contributed by atoms with Gasteiger partial charge in [0.1, 0.15) is 0 Å². The van der Waals surface area contributed by atoms with Gasteiger partial charge < -0.3 is 20.3 Å². The first kappa shape index (κ1) is 13.3. The van der Waals surface area contributed by atoms with Gasteiger partial charge in [0.25, 0.3) is 0 Å². The molecule has 1 saturated carbocycles. The van der Waals surface area contributed by atoms with Crippen molar-refractivity contribution in [1.29, 1.82) is 0 Å². The van der Waals surface area contributed by atoms with E-state index in [0.29, 0.717) is 18.9 Å². The average molecular weight is 231 g/mol. The molecule has 0 atom stereocenters. The fraction of sp³-hybridized carbons (Fsp3) is 0.909. The van der Waals surface area contributed by atoms with Crippen molar-refractivity contribution in [3.8, 4) is 0 Å². The fourth-order valence-electron chi connectivity index (χ4n) is 2.06. The van der Waals surface area contributed by atoms with Gasteiger partial charge in [0.2, 0.25) is 0 Å². The lowest BCUT2D eigenvalue weighted by atomic mass is 9.86. The molecule has 1 fully saturated rings. The molecule has 1 aliphatic rings. The number of carboxylic acid groups (broad SMARTS) is 1. The van der Waals surface area contributed by atoms with Crippen LogP contribution in [-0.2, 0) is 4.74 Å². The highest BCUT2D eigenvalue weighted by Crippen LogP contribution is 2.24. The Hall–Kier alpha value is -0.810. The zero-order valence-corrected chi connectivity index (χ0v) is 9.52. The highest BCUT2D eigenvalue weighted by molar-refractivity contribution is 5.64. The van der Waals surface area contributed by atoms with Crippen LogP contribution in [0.25, 0.3) is 0 Å². The number of aliphatic hydroxyl groups is 1. The van der Waals surface area contributed by atoms with E-state index in [4.69, 9.17) is 14.9 Å². The molecule has 0 aromatic carbocycles. The van der Waals surface area contributed by atoms with Gasteiger partial charge in [-0.1, -0.05) is 0 Å². The summed E-state index contributed by atoms with van der Waals surface area (Å²) in [5.41, 5.74) is 0. The van der Waals surface area contributed by atoms with Crippen molar-refractivity contribution < 1.29 is 19.7 Å². The van der Waals surface area contributed by atoms with Crippen LogP contribution >= 0.6 is 0 Å². The largest absolute Gasteiger partial charge is 0.465 e. The van der Waals surface area contributed by atoms with Crippen molar-refractivity contribution in [3.63, 3.8) is 0 Å². The van der Waals surface area contributed by atoms with Crippen molar-refractivity contribution in [1.82, 2.24) is 5.32 Å². The molecular weight excluding hydrogens is 210 g/mol. The summed E-state index contributed by atoms with van der Waals surface area (Å²) in [7, 11) is 0. The highest BCUT2D eigenvalue weighted by atomic mass is 16.5. The first-order valence-electron chi connectivity index (χ1n) is 5.90. The number of carbonyl (C=O) groups is 1. The molecule has 5 nitrogen and oxygen atoms in total. The van der Waals surface area contributed by atoms with Crippen molar-refractivity contribution in [2.45, 2.75) is 38.1 Å². The molecule has 0 unspecified atom stereocenters. The molecule has 94 valence electrons. The Kier molecular flexibility index (Phi) is 6.18. The number of aliphatic hydroxyl groups excluding tert-OH is 1. The van der Waals surface area contributed by atoms with Gasteiger partial charge in [0, 0.05) is 25.9 Å². The van der Waals surface area contributed by atoms with E-state index in [1.165, 1.54) is 0 Å². The second-order valence-corrected chi connectivity index (χ2v) is 4.32. The van der Waals surface area contributed by atoms with Crippen LogP contribution in [0, 0.1) is 5.92 Å². The molecule has 0 heterocycles. The summed E-state index contributed by atoms with van der Waals surface area (Å²) in [5.74, 6) is 0.547. The van der Waals surface area contributed by atoms with Gasteiger partial charge in [0.05, 0.1) is 0 Å². The monoisotopic (exact) mass is 231 g/mol. The first-order chi connectivity index (χ1) is 7.72. The van der Waals surface area contributed by atoms with E-state index in [1.807, 2.05) is 0 Å². The minimum Gasteiger partial charge on any atom is -0.465 e. The third kappa shape index (κ3) is 5.32. The van der Waals surface area contributed by atoms with Gasteiger partial charge in [0.15, 0.2) is 0 Å². The smallest absolute Gasteiger partial charge is 0.404 e. The van der Waals surface area contributed by atoms with E-state index in [0.717, 1.165) is 32.3 Å². The third-order valence-corrected chi connectivity index (χ3v) is 2.97. The van der Waals surface area contributed by atoms with Gasteiger partial charge in [-0.25, -0.2) is 4.79 Å². The molecule has 0 spiro atoms. The predicted octanol–water partition coefficient (Wildman–Crippen LogP) is 1.21. The summed E-state index contributed by atoms with van der Waals surface area (Å²) < 4.78 is 5.43. The van der Waals surface area contributed by atoms with Gasteiger partial charge in [-0.05, 0) is 38.0 Å². The number of nitrogens with one attached hydrogen (secondary N) is 1. The number of hydrogen-bond acceptors (Lipinski definition) is 3. The maximum Gasteiger partial charge on any atom is 0.404 e. The molecule has 0 aromatic rings. The number of ether oxygens (including phenoxy) is 1. The Labute approximate surface area is 95.8 Å². The van der Waals surface area contributed by atoms with Crippen LogP contribution in [0.15, 0.2) is 0 Å². The highest BCUT2D eigenvalue weighted by Gasteiger charge is 2.22. The fourth-order valence-corrected chi connectivity index (χ4v) is 2.06. The van der Waals surface area contributed by atoms with Crippen LogP contribution in [0.4, 0.5) is 4.79 Å². The standard InChI is InChI=1S/C11H21NO4/c13-6-1-7-16-8-9-2-4-10(5-3-9)12-11(14)15/h9-10,12-13H,1-8H2,(H,14,15)/t9-,10-. The molecule has 0 radical (unpaired) electrons. The van der Waals surface area contributed by atoms with Crippen molar-refractivity contribution >= 4 is 6.09 Å². The number of amides is 1. The summed E-state index contributed by atoms with van der Waals surface area (Å²) >= 11 is 0. The predicted molar refractivity (Wildman–Crippen MR) is 59.4 cm³/mol. The molecule has 5 heteroatoms. The van der Waals surface area contributed by atoms with E-state index >= 15 is 0 Å². The van der Waals surface area contributed by atoms with Crippen molar-refractivity contribution in [3.05, 3.63) is 0 Å². The normalized spacial score (nSPS) is 25.3. The molecule has 1 amide bonds. The van der Waals surface area contributed by atoms with E-state index < -0.39 is 6.09 Å². The van der Waals surface area contributed by atoms with Crippen LogP contribution in [0.2, 0.25) is 0 Å². The zero-order chi connectivity index (χ0) is 11.8. The second-order valence-electron chi connectivity index (χ2n) is 4.32. The van der Waals surface area contributed by atoms with Crippen LogP contribution in [-0.4, -0.2) is 42.2 Å². The summed E-state index contributed by atoms with van der Waals surface area (Å²) in [6.07, 6.45) is 3.60. The second kappa shape index (κ2) is 7.46. The minimum atomic E-state index is -0.928. The quantitative estimate of drug-likeness (QED) is 0.600. The van der Waals surface area contributed by atoms with Crippen LogP contribution in [0.3, 0.4) is 0 Å². The molecule has 16 heavy (non-hydrogen) atoms. The van der Waals surface area contributed by atoms with Gasteiger partial charge in [-0.3, -0.25) is 0 Å². The summed E-state index contributed by atoms with van der Waals surface area (Å²) in [4.78, 5) is 10.4. The Bertz CT molecular complexity index is 202. The molecule has 0 saturated heterocycles. The molecule has 0 aromatic heterocycles. The lowest BCUT2D eigenvalue weighted by Crippen LogP contribution is -2.37. The van der Waals surface area contributed by atoms with E-state index in [2.05, 4.69) is 5.32 Å². The van der Waals surface area contributed by atoms with Crippen LogP contribution in [0.5, 0.6) is 0 Å². The number of rotatable bonds is 6. The SMILES string of the molecule is O=C(O)N[C@H]1CC[C@H](COCCCO)CC1. The molecule has 1 rings (SSSR count). The van der Waals surface area contributed by atoms with Crippen molar-refractivity contribution in [2.24, 2.45) is 5.92 Å². The molecule has 3 N–H and O–H groups in total. The lowest BCUT2D eigenvalue weighted by molar-refractivity contribution is 0.0710. The van der Waals surface area contributed by atoms with E-state index in [-0.39, 0.29) is 12.6 Å². The van der Waals surface area contributed by atoms with Gasteiger partial charge in [-0.15, -0.1) is 0 Å². The molecular formula is C11H21NO4. The van der Waals surface area contributed by atoms with E-state index in [1.54, 1.807) is 0 Å². The van der Waals surface area contributed by atoms with Crippen LogP contribution in [0.1, 0.15) is 32.1 Å². The molecule has 0 bridgehead atoms. The minimum absolute atomic E-state index is 0.117. The maximum absolute atomic E-state index is 10.4. The van der Waals surface area contributed by atoms with Crippen molar-refractivity contribution in [2.75, 3.05) is 19.8 Å². The lowest BCUT2D eigenvalue weighted by Gasteiger charge is -2.28. The van der Waals surface area contributed by atoms with Gasteiger partial charge in [-0.2, -0.15) is 0 Å². The Morgan fingerprint density at radius 3 is 2.56 bits per heavy atom. The Balaban J connectivity index is 2.05. The number of hydrogen-bond donors (Lipinski definition) is 3. The Morgan fingerprint density at radius 2 is 2.00 bits per heavy atom. The zero-order valence-electron chi connectivity index (χ0n) is 9.52. The molecule has 0 aliphatic heterocycles. The summed E-state index contributed by atoms with van der Waals surface area (Å²) in [6.45, 7) is 1.53. The summed E-state index contributed by atoms with van der Waals surface area (Å²) in [5, 5.41) is 19.7. The first-order valence-corrected chi connectivity index (χ1v) is 5.90. The topological polar surface area (TPSA) is 78.8 Å². The Morgan fingerprint density at radius 1 is 1.31 bits per heavy atom. The third-order valence-electron chi connectivity index (χ3n) is 2.97. The summed E-state index contributed by atoms with van der Waals surface area (Å²) in [6, 6.07) is 0.117. The van der Waals surface area contributed by atoms with E-state index in [9.17, 15) is 4.79 Å².